The van der Waals surface area contributed by atoms with Gasteiger partial charge in [0.2, 0.25) is 10.9 Å². The van der Waals surface area contributed by atoms with Gasteiger partial charge >= 0.3 is 0 Å². The van der Waals surface area contributed by atoms with Gasteiger partial charge in [-0.15, -0.1) is 21.5 Å². The van der Waals surface area contributed by atoms with E-state index in [1.807, 2.05) is 60.0 Å². The molecule has 2 aromatic carbocycles. The van der Waals surface area contributed by atoms with E-state index >= 15 is 0 Å². The topological polar surface area (TPSA) is 96.5 Å². The molecule has 4 heterocycles. The van der Waals surface area contributed by atoms with Gasteiger partial charge in [-0.1, -0.05) is 71.1 Å². The third kappa shape index (κ3) is 4.46. The molecule has 1 aliphatic rings. The van der Waals surface area contributed by atoms with Crippen LogP contribution in [0, 0.1) is 0 Å². The number of thiophene rings is 1. The van der Waals surface area contributed by atoms with Crippen molar-refractivity contribution in [2.75, 3.05) is 4.90 Å². The van der Waals surface area contributed by atoms with E-state index < -0.39 is 23.5 Å². The fraction of sp³-hybridized carbons (Fsp3) is 0.0769. The van der Waals surface area contributed by atoms with Gasteiger partial charge in [0.15, 0.2) is 15.9 Å². The maximum absolute atomic E-state index is 13.6. The zero-order valence-corrected chi connectivity index (χ0v) is 22.0. The quantitative estimate of drug-likeness (QED) is 0.128. The second-order valence-electron chi connectivity index (χ2n) is 8.10. The Morgan fingerprint density at radius 2 is 1.92 bits per heavy atom. The number of carbonyl (C=O) groups excluding carboxylic acids is 2. The van der Waals surface area contributed by atoms with E-state index in [1.165, 1.54) is 39.3 Å². The molecular weight excluding hydrogens is 550 g/mol. The van der Waals surface area contributed by atoms with Crippen LogP contribution in [0.25, 0.3) is 11.0 Å². The van der Waals surface area contributed by atoms with Crippen molar-refractivity contribution in [1.29, 1.82) is 0 Å². The number of hydrogen-bond donors (Lipinski definition) is 1. The molecular formula is C26H16ClN3O4S3. The van der Waals surface area contributed by atoms with Crippen molar-refractivity contribution < 1.29 is 19.1 Å². The Kier molecular flexibility index (Phi) is 6.33. The molecule has 0 aliphatic carbocycles. The summed E-state index contributed by atoms with van der Waals surface area (Å²) in [6, 6.07) is 19.2. The molecule has 0 unspecified atom stereocenters. The van der Waals surface area contributed by atoms with Gasteiger partial charge in [-0.3, -0.25) is 14.5 Å². The number of nitrogens with zero attached hydrogens (tertiary/aromatic N) is 3. The van der Waals surface area contributed by atoms with Crippen molar-refractivity contribution in [1.82, 2.24) is 10.2 Å². The van der Waals surface area contributed by atoms with E-state index in [4.69, 9.17) is 16.0 Å². The third-order valence-electron chi connectivity index (χ3n) is 5.79. The highest BCUT2D eigenvalue weighted by molar-refractivity contribution is 8.00. The van der Waals surface area contributed by atoms with E-state index in [0.29, 0.717) is 30.7 Å². The summed E-state index contributed by atoms with van der Waals surface area (Å²) in [7, 11) is 0. The minimum Gasteiger partial charge on any atom is -0.503 e. The molecule has 0 saturated heterocycles. The van der Waals surface area contributed by atoms with Gasteiger partial charge in [0.25, 0.3) is 5.91 Å². The molecule has 0 radical (unpaired) electrons. The molecule has 1 amide bonds. The molecule has 3 aromatic heterocycles. The minimum atomic E-state index is -0.852. The predicted octanol–water partition coefficient (Wildman–Crippen LogP) is 7.07. The summed E-state index contributed by atoms with van der Waals surface area (Å²) in [6.07, 6.45) is 0. The second-order valence-corrected chi connectivity index (χ2v) is 11.7. The number of thioether (sulfide) groups is 1. The summed E-state index contributed by atoms with van der Waals surface area (Å²) >= 11 is 10.0. The maximum atomic E-state index is 13.6. The van der Waals surface area contributed by atoms with E-state index in [1.54, 1.807) is 12.1 Å². The number of aromatic nitrogens is 2. The first-order valence-corrected chi connectivity index (χ1v) is 14.1. The Balaban J connectivity index is 1.32. The molecule has 184 valence electrons. The van der Waals surface area contributed by atoms with Crippen LogP contribution in [0.15, 0.2) is 92.2 Å². The SMILES string of the molecule is O=C(C1=C(O)C(=O)N(c2nnc(SCc3ccc(Cl)cc3)s2)[C@H]1c1cccs1)c1cc2ccccc2o1. The Morgan fingerprint density at radius 3 is 2.68 bits per heavy atom. The number of fused-ring (bicyclic) bond motifs is 1. The van der Waals surface area contributed by atoms with Crippen molar-refractivity contribution >= 4 is 73.8 Å². The lowest BCUT2D eigenvalue weighted by molar-refractivity contribution is -0.117. The van der Waals surface area contributed by atoms with Gasteiger partial charge < -0.3 is 9.52 Å². The van der Waals surface area contributed by atoms with E-state index in [0.717, 1.165) is 10.9 Å². The van der Waals surface area contributed by atoms with Crippen LogP contribution in [0.5, 0.6) is 0 Å². The van der Waals surface area contributed by atoms with Gasteiger partial charge in [0.1, 0.15) is 11.6 Å². The number of aliphatic hydroxyl groups excluding tert-OH is 1. The summed E-state index contributed by atoms with van der Waals surface area (Å²) in [6.45, 7) is 0. The van der Waals surface area contributed by atoms with Crippen molar-refractivity contribution in [2.45, 2.75) is 16.1 Å². The molecule has 37 heavy (non-hydrogen) atoms. The normalized spacial score (nSPS) is 15.8. The maximum Gasteiger partial charge on any atom is 0.296 e. The molecule has 6 rings (SSSR count). The second kappa shape index (κ2) is 9.79. The number of halogens is 1. The molecule has 1 atom stereocenters. The van der Waals surface area contributed by atoms with E-state index in [2.05, 4.69) is 10.2 Å². The van der Waals surface area contributed by atoms with Crippen molar-refractivity contribution in [2.24, 2.45) is 0 Å². The fourth-order valence-corrected chi connectivity index (χ4v) is 6.83. The van der Waals surface area contributed by atoms with Gasteiger partial charge in [0, 0.05) is 21.0 Å². The number of rotatable bonds is 7. The Hall–Kier alpha value is -3.44. The zero-order valence-electron chi connectivity index (χ0n) is 18.8. The lowest BCUT2D eigenvalue weighted by Gasteiger charge is -2.22. The monoisotopic (exact) mass is 565 g/mol. The number of Topliss-reactive ketones (excluding diaryl/α,β-unsaturated/α-hetero) is 1. The number of ketones is 1. The van der Waals surface area contributed by atoms with Gasteiger partial charge in [0.05, 0.1) is 5.57 Å². The molecule has 7 nitrogen and oxygen atoms in total. The average molecular weight is 566 g/mol. The van der Waals surface area contributed by atoms with Crippen molar-refractivity contribution in [3.63, 3.8) is 0 Å². The number of furan rings is 1. The number of aliphatic hydroxyl groups is 1. The molecule has 0 fully saturated rings. The predicted molar refractivity (Wildman–Crippen MR) is 146 cm³/mol. The van der Waals surface area contributed by atoms with Crippen LogP contribution >= 0.6 is 46.0 Å². The summed E-state index contributed by atoms with van der Waals surface area (Å²) in [5.41, 5.74) is 1.57. The van der Waals surface area contributed by atoms with Crippen LogP contribution in [-0.4, -0.2) is 27.0 Å². The number of carbonyl (C=O) groups is 2. The van der Waals surface area contributed by atoms with Crippen LogP contribution in [0.4, 0.5) is 5.13 Å². The fourth-order valence-electron chi connectivity index (χ4n) is 4.06. The van der Waals surface area contributed by atoms with Crippen LogP contribution in [0.2, 0.25) is 5.02 Å². The van der Waals surface area contributed by atoms with Gasteiger partial charge in [-0.25, -0.2) is 0 Å². The van der Waals surface area contributed by atoms with Crippen LogP contribution in [-0.2, 0) is 10.5 Å². The minimum absolute atomic E-state index is 0.0444. The first-order chi connectivity index (χ1) is 18.0. The molecule has 1 N–H and O–H groups in total. The molecule has 0 bridgehead atoms. The first kappa shape index (κ1) is 23.9. The van der Waals surface area contributed by atoms with Crippen LogP contribution in [0.3, 0.4) is 0 Å². The van der Waals surface area contributed by atoms with E-state index in [-0.39, 0.29) is 11.3 Å². The number of para-hydroxylation sites is 1. The highest BCUT2D eigenvalue weighted by atomic mass is 35.5. The van der Waals surface area contributed by atoms with Gasteiger partial charge in [-0.05, 0) is 41.3 Å². The summed E-state index contributed by atoms with van der Waals surface area (Å²) in [5, 5.41) is 23.0. The summed E-state index contributed by atoms with van der Waals surface area (Å²) in [5.74, 6) is -1.18. The Bertz CT molecular complexity index is 1620. The molecule has 11 heteroatoms. The third-order valence-corrected chi connectivity index (χ3v) is 9.10. The van der Waals surface area contributed by atoms with Crippen LogP contribution in [0.1, 0.15) is 27.0 Å². The first-order valence-electron chi connectivity index (χ1n) is 11.0. The molecule has 0 saturated carbocycles. The van der Waals surface area contributed by atoms with Crippen molar-refractivity contribution in [3.8, 4) is 0 Å². The lowest BCUT2D eigenvalue weighted by atomic mass is 10.0. The highest BCUT2D eigenvalue weighted by Crippen LogP contribution is 2.45. The Labute approximate surface area is 228 Å². The molecule has 5 aromatic rings. The average Bonchev–Trinajstić information content (AvgIpc) is 3.70. The lowest BCUT2D eigenvalue weighted by Crippen LogP contribution is -2.30. The van der Waals surface area contributed by atoms with Crippen molar-refractivity contribution in [3.05, 3.63) is 105 Å². The van der Waals surface area contributed by atoms with Crippen LogP contribution < -0.4 is 4.90 Å². The van der Waals surface area contributed by atoms with E-state index in [9.17, 15) is 14.7 Å². The smallest absolute Gasteiger partial charge is 0.296 e. The molecule has 0 spiro atoms. The van der Waals surface area contributed by atoms with Gasteiger partial charge in [-0.2, -0.15) is 0 Å². The number of benzene rings is 2. The number of amides is 1. The summed E-state index contributed by atoms with van der Waals surface area (Å²) < 4.78 is 6.41. The largest absolute Gasteiger partial charge is 0.503 e. The Morgan fingerprint density at radius 1 is 1.11 bits per heavy atom. The standard InChI is InChI=1S/C26H16ClN3O4S3/c27-16-9-7-14(8-10-16)13-36-26-29-28-25(37-26)30-21(19-6-3-11-35-19)20(23(32)24(30)33)22(31)18-12-15-4-1-2-5-17(15)34-18/h1-12,21,32H,13H2/t21-/m0/s1. The zero-order chi connectivity index (χ0) is 25.5. The number of anilines is 1. The highest BCUT2D eigenvalue weighted by Gasteiger charge is 2.47. The number of hydrogen-bond acceptors (Lipinski definition) is 9. The molecule has 1 aliphatic heterocycles. The summed E-state index contributed by atoms with van der Waals surface area (Å²) in [4.78, 5) is 29.0.